The summed E-state index contributed by atoms with van der Waals surface area (Å²) in [4.78, 5) is 5.35. The Kier molecular flexibility index (Phi) is 20.7. The van der Waals surface area contributed by atoms with Crippen molar-refractivity contribution < 1.29 is 85.9 Å². The lowest BCUT2D eigenvalue weighted by atomic mass is 9.96. The fourth-order valence-electron chi connectivity index (χ4n) is 5.24. The van der Waals surface area contributed by atoms with E-state index >= 15 is 0 Å². The predicted molar refractivity (Wildman–Crippen MR) is 184 cm³/mol. The molecule has 3 aromatic carbocycles. The van der Waals surface area contributed by atoms with E-state index in [0.29, 0.717) is 0 Å². The number of likely N-dealkylation sites (N-methyl/N-ethyl adjacent to an activating group) is 4. The van der Waals surface area contributed by atoms with Crippen LogP contribution in [0.4, 0.5) is 0 Å². The molecule has 6 nitrogen and oxygen atoms in total. The van der Waals surface area contributed by atoms with Crippen molar-refractivity contribution in [2.75, 3.05) is 137 Å². The maximum atomic E-state index is 2.68. The van der Waals surface area contributed by atoms with Gasteiger partial charge in [-0.3, -0.25) is 9.80 Å². The lowest BCUT2D eigenvalue weighted by molar-refractivity contribution is -0.872. The Morgan fingerprint density at radius 2 is 0.696 bits per heavy atom. The average molecular weight is 901 g/mol. The molecule has 0 saturated carbocycles. The van der Waals surface area contributed by atoms with Crippen LogP contribution in [-0.4, -0.2) is 165 Å². The van der Waals surface area contributed by atoms with Gasteiger partial charge in [0.2, 0.25) is 0 Å². The van der Waals surface area contributed by atoms with Gasteiger partial charge in [0, 0.05) is 39.3 Å². The van der Waals surface area contributed by atoms with Crippen LogP contribution in [0.1, 0.15) is 11.1 Å². The third kappa shape index (κ3) is 17.5. The van der Waals surface area contributed by atoms with E-state index in [-0.39, 0.29) is 67.9 Å². The van der Waals surface area contributed by atoms with Crippen molar-refractivity contribution in [1.29, 1.82) is 0 Å². The van der Waals surface area contributed by atoms with Crippen molar-refractivity contribution in [1.82, 2.24) is 9.80 Å². The van der Waals surface area contributed by atoms with Gasteiger partial charge >= 0.3 is 0 Å². The highest BCUT2D eigenvalue weighted by Crippen LogP contribution is 2.29. The highest BCUT2D eigenvalue weighted by molar-refractivity contribution is 6.00. The van der Waals surface area contributed by atoms with Crippen LogP contribution in [0.5, 0.6) is 0 Å². The van der Waals surface area contributed by atoms with Crippen LogP contribution in [0.3, 0.4) is 0 Å². The fraction of sp³-hybridized carbons (Fsp3) is 0.611. The zero-order valence-electron chi connectivity index (χ0n) is 30.9. The molecule has 3 aromatic rings. The molecule has 0 atom stereocenters. The van der Waals surface area contributed by atoms with Crippen LogP contribution >= 0.6 is 0 Å². The van der Waals surface area contributed by atoms with Gasteiger partial charge in [-0.2, -0.15) is 0 Å². The molecule has 266 valence electrons. The third-order valence-electron chi connectivity index (χ3n) is 8.20. The van der Waals surface area contributed by atoms with Crippen molar-refractivity contribution in [2.24, 2.45) is 0 Å². The van der Waals surface area contributed by atoms with Crippen LogP contribution in [0.2, 0.25) is 0 Å². The second kappa shape index (κ2) is 19.9. The number of halogens is 4. The zero-order valence-corrected chi connectivity index (χ0v) is 37.2. The molecule has 0 radical (unpaired) electrons. The summed E-state index contributed by atoms with van der Waals surface area (Å²) in [5, 5.41) is 5.51. The summed E-state index contributed by atoms with van der Waals surface area (Å²) in [7, 11) is 27.6. The van der Waals surface area contributed by atoms with Gasteiger partial charge in [-0.15, -0.1) is 0 Å². The first kappa shape index (κ1) is 48.0. The lowest BCUT2D eigenvalue weighted by Crippen LogP contribution is -3.00. The maximum absolute atomic E-state index is 2.68. The lowest BCUT2D eigenvalue weighted by Gasteiger charge is -2.32. The number of rotatable bonds is 16. The Morgan fingerprint density at radius 1 is 0.413 bits per heavy atom. The van der Waals surface area contributed by atoms with Crippen LogP contribution < -0.4 is 67.9 Å². The SMILES string of the molecule is C[N+](C)(C)CCN(CC[N+](C)(C)C)Cc1cccc2cc3cccc(CN(CC[N+](C)(C)C)CC[N+](C)(C)C)c3cc12.[Br-].[Br-].[Br-].[Br-]. The Morgan fingerprint density at radius 3 is 0.957 bits per heavy atom. The molecule has 3 rings (SSSR count). The van der Waals surface area contributed by atoms with Crippen LogP contribution in [0.25, 0.3) is 21.5 Å². The maximum Gasteiger partial charge on any atom is 0.0909 e. The van der Waals surface area contributed by atoms with Crippen molar-refractivity contribution >= 4 is 21.5 Å². The molecular formula is C36H64Br4N6. The third-order valence-corrected chi connectivity index (χ3v) is 8.20. The number of fused-ring (bicyclic) bond motifs is 2. The van der Waals surface area contributed by atoms with E-state index in [1.54, 1.807) is 0 Å². The van der Waals surface area contributed by atoms with Gasteiger partial charge in [0.1, 0.15) is 0 Å². The summed E-state index contributed by atoms with van der Waals surface area (Å²) in [5.74, 6) is 0. The summed E-state index contributed by atoms with van der Waals surface area (Å²) in [5.41, 5.74) is 2.89. The van der Waals surface area contributed by atoms with Crippen molar-refractivity contribution in [3.8, 4) is 0 Å². The summed E-state index contributed by atoms with van der Waals surface area (Å²) < 4.78 is 3.96. The Balaban J connectivity index is 0. The van der Waals surface area contributed by atoms with E-state index in [9.17, 15) is 0 Å². The van der Waals surface area contributed by atoms with Gasteiger partial charge < -0.3 is 85.9 Å². The van der Waals surface area contributed by atoms with Gasteiger partial charge in [-0.25, -0.2) is 0 Å². The van der Waals surface area contributed by atoms with E-state index in [0.717, 1.165) is 83.4 Å². The molecule has 0 heterocycles. The molecule has 0 bridgehead atoms. The molecule has 0 aliphatic carbocycles. The summed E-state index contributed by atoms with van der Waals surface area (Å²) in [6.07, 6.45) is 0. The van der Waals surface area contributed by atoms with Gasteiger partial charge in [-0.05, 0) is 44.8 Å². The van der Waals surface area contributed by atoms with Gasteiger partial charge in [0.15, 0.2) is 0 Å². The second-order valence-corrected chi connectivity index (χ2v) is 16.7. The molecule has 0 N–H and O–H groups in total. The first-order valence-corrected chi connectivity index (χ1v) is 15.9. The zero-order chi connectivity index (χ0) is 31.3. The van der Waals surface area contributed by atoms with Gasteiger partial charge in [-0.1, -0.05) is 36.4 Å². The quantitative estimate of drug-likeness (QED) is 0.104. The molecule has 0 aliphatic rings. The summed E-state index contributed by atoms with van der Waals surface area (Å²) in [6, 6.07) is 18.7. The van der Waals surface area contributed by atoms with E-state index in [4.69, 9.17) is 0 Å². The van der Waals surface area contributed by atoms with E-state index in [1.807, 2.05) is 0 Å². The molecule has 0 fully saturated rings. The number of hydrogen-bond donors (Lipinski definition) is 0. The highest BCUT2D eigenvalue weighted by atomic mass is 79.9. The van der Waals surface area contributed by atoms with Crippen LogP contribution in [0.15, 0.2) is 48.5 Å². The molecule has 0 spiro atoms. The largest absolute Gasteiger partial charge is 1.00 e. The molecule has 10 heteroatoms. The smallest absolute Gasteiger partial charge is 0.0909 e. The normalized spacial score (nSPS) is 12.5. The minimum absolute atomic E-state index is 0. The topological polar surface area (TPSA) is 6.48 Å². The minimum atomic E-state index is 0. The molecule has 0 aromatic heterocycles. The molecule has 0 amide bonds. The Labute approximate surface area is 324 Å². The number of nitrogens with zero attached hydrogens (tertiary/aromatic N) is 6. The Hall–Kier alpha value is -0.140. The van der Waals surface area contributed by atoms with Gasteiger partial charge in [0.05, 0.1) is 111 Å². The van der Waals surface area contributed by atoms with E-state index in [1.165, 1.54) is 32.7 Å². The second-order valence-electron chi connectivity index (χ2n) is 16.7. The average Bonchev–Trinajstić information content (AvgIpc) is 2.84. The van der Waals surface area contributed by atoms with Crippen molar-refractivity contribution in [3.63, 3.8) is 0 Å². The standard InChI is InChI=1S/C36H64N6.4BrH/c1-39(2,3)23-19-37(20-24-40(4,5)6)29-33-17-13-15-31-27-32-16-14-18-34(36(32)28-35(31)33)30-38(21-25-41(7,8)9)22-26-42(10,11)12;;;;/h13-18,27-28H,19-26,29-30H2,1-12H3;4*1H/q+4;;;;/p-4. The van der Waals surface area contributed by atoms with E-state index in [2.05, 4.69) is 143 Å². The molecule has 0 unspecified atom stereocenters. The first-order valence-electron chi connectivity index (χ1n) is 15.9. The van der Waals surface area contributed by atoms with Crippen molar-refractivity contribution in [2.45, 2.75) is 13.1 Å². The fourth-order valence-corrected chi connectivity index (χ4v) is 5.24. The molecule has 0 saturated heterocycles. The van der Waals surface area contributed by atoms with Gasteiger partial charge in [0.25, 0.3) is 0 Å². The first-order chi connectivity index (χ1) is 19.3. The molecule has 0 aliphatic heterocycles. The van der Waals surface area contributed by atoms with Crippen LogP contribution in [-0.2, 0) is 13.1 Å². The monoisotopic (exact) mass is 896 g/mol. The minimum Gasteiger partial charge on any atom is -1.00 e. The van der Waals surface area contributed by atoms with Crippen molar-refractivity contribution in [3.05, 3.63) is 59.7 Å². The predicted octanol–water partition coefficient (Wildman–Crippen LogP) is -7.56. The number of benzene rings is 3. The van der Waals surface area contributed by atoms with Crippen LogP contribution in [0, 0.1) is 0 Å². The van der Waals surface area contributed by atoms with E-state index < -0.39 is 0 Å². The summed E-state index contributed by atoms with van der Waals surface area (Å²) >= 11 is 0. The number of quaternary nitrogens is 4. The Bertz CT molecular complexity index is 1170. The molecular weight excluding hydrogens is 836 g/mol. The number of hydrogen-bond acceptors (Lipinski definition) is 2. The molecule has 46 heavy (non-hydrogen) atoms. The highest BCUT2D eigenvalue weighted by Gasteiger charge is 2.19. The summed E-state index contributed by atoms with van der Waals surface area (Å²) in [6.45, 7) is 11.0.